The van der Waals surface area contributed by atoms with Crippen LogP contribution in [-0.2, 0) is 9.59 Å². The summed E-state index contributed by atoms with van der Waals surface area (Å²) in [5.74, 6) is 0.976. The molecule has 126 valence electrons. The predicted octanol–water partition coefficient (Wildman–Crippen LogP) is 1.51. The molecule has 0 aliphatic heterocycles. The van der Waals surface area contributed by atoms with Gasteiger partial charge in [-0.25, -0.2) is 0 Å². The van der Waals surface area contributed by atoms with Gasteiger partial charge in [-0.3, -0.25) is 9.59 Å². The van der Waals surface area contributed by atoms with Gasteiger partial charge in [0.25, 0.3) is 0 Å². The number of benzene rings is 1. The smallest absolute Gasteiger partial charge is 0.227 e. The van der Waals surface area contributed by atoms with Gasteiger partial charge in [-0.1, -0.05) is 6.42 Å². The molecule has 0 saturated heterocycles. The van der Waals surface area contributed by atoms with Crippen molar-refractivity contribution in [2.45, 2.75) is 25.7 Å². The van der Waals surface area contributed by atoms with Crippen molar-refractivity contribution in [1.82, 2.24) is 5.32 Å². The highest BCUT2D eigenvalue weighted by atomic mass is 16.5. The highest BCUT2D eigenvalue weighted by molar-refractivity contribution is 5.93. The van der Waals surface area contributed by atoms with Crippen LogP contribution in [0.2, 0.25) is 0 Å². The molecular formula is C17H25N3O3. The lowest BCUT2D eigenvalue weighted by Crippen LogP contribution is -2.29. The van der Waals surface area contributed by atoms with Crippen LogP contribution >= 0.6 is 0 Å². The Bertz CT molecular complexity index is 530. The Morgan fingerprint density at radius 3 is 2.65 bits per heavy atom. The van der Waals surface area contributed by atoms with Crippen molar-refractivity contribution >= 4 is 17.5 Å². The van der Waals surface area contributed by atoms with E-state index in [-0.39, 0.29) is 17.7 Å². The van der Waals surface area contributed by atoms with E-state index in [4.69, 9.17) is 10.5 Å². The Morgan fingerprint density at radius 2 is 2.00 bits per heavy atom. The maximum absolute atomic E-state index is 12.3. The van der Waals surface area contributed by atoms with Crippen molar-refractivity contribution in [3.8, 4) is 5.75 Å². The molecule has 1 aliphatic rings. The van der Waals surface area contributed by atoms with Gasteiger partial charge < -0.3 is 21.1 Å². The third kappa shape index (κ3) is 4.96. The topological polar surface area (TPSA) is 93.5 Å². The van der Waals surface area contributed by atoms with E-state index in [0.717, 1.165) is 24.9 Å². The Labute approximate surface area is 136 Å². The van der Waals surface area contributed by atoms with Gasteiger partial charge in [-0.05, 0) is 49.6 Å². The normalized spacial score (nSPS) is 20.1. The van der Waals surface area contributed by atoms with E-state index >= 15 is 0 Å². The van der Waals surface area contributed by atoms with E-state index in [1.807, 2.05) is 0 Å². The van der Waals surface area contributed by atoms with Crippen molar-refractivity contribution in [3.05, 3.63) is 24.3 Å². The number of anilines is 1. The zero-order valence-corrected chi connectivity index (χ0v) is 13.5. The molecule has 1 fully saturated rings. The summed E-state index contributed by atoms with van der Waals surface area (Å²) >= 11 is 0. The van der Waals surface area contributed by atoms with Crippen LogP contribution in [0.3, 0.4) is 0 Å². The molecule has 1 aromatic carbocycles. The van der Waals surface area contributed by atoms with E-state index in [9.17, 15) is 9.59 Å². The second-order valence-electron chi connectivity index (χ2n) is 5.82. The molecule has 1 aromatic rings. The van der Waals surface area contributed by atoms with Crippen LogP contribution in [0.1, 0.15) is 25.7 Å². The van der Waals surface area contributed by atoms with Gasteiger partial charge in [0, 0.05) is 18.7 Å². The lowest BCUT2D eigenvalue weighted by molar-refractivity contribution is -0.121. The number of nitrogens with one attached hydrogen (secondary N) is 2. The maximum atomic E-state index is 12.3. The zero-order chi connectivity index (χ0) is 16.7. The number of nitrogens with two attached hydrogens (primary N) is 1. The van der Waals surface area contributed by atoms with Gasteiger partial charge >= 0.3 is 0 Å². The summed E-state index contributed by atoms with van der Waals surface area (Å²) in [6.45, 7) is 0.891. The number of hydrogen-bond acceptors (Lipinski definition) is 4. The first-order valence-electron chi connectivity index (χ1n) is 8.08. The number of rotatable bonds is 7. The summed E-state index contributed by atoms with van der Waals surface area (Å²) in [5.41, 5.74) is 6.47. The summed E-state index contributed by atoms with van der Waals surface area (Å²) < 4.78 is 5.48. The molecule has 6 heteroatoms. The van der Waals surface area contributed by atoms with Crippen molar-refractivity contribution in [2.75, 3.05) is 25.5 Å². The molecule has 2 rings (SSSR count). The van der Waals surface area contributed by atoms with Crippen LogP contribution in [0.5, 0.6) is 5.75 Å². The molecule has 6 nitrogen and oxygen atoms in total. The number of carbonyl (C=O) groups is 2. The quantitative estimate of drug-likeness (QED) is 0.710. The minimum absolute atomic E-state index is 0.0171. The van der Waals surface area contributed by atoms with Gasteiger partial charge in [0.05, 0.1) is 13.0 Å². The average molecular weight is 319 g/mol. The lowest BCUT2D eigenvalue weighted by Gasteiger charge is -2.17. The molecule has 0 bridgehead atoms. The van der Waals surface area contributed by atoms with Crippen LogP contribution in [0.4, 0.5) is 5.69 Å². The van der Waals surface area contributed by atoms with E-state index < -0.39 is 0 Å². The predicted molar refractivity (Wildman–Crippen MR) is 89.1 cm³/mol. The van der Waals surface area contributed by atoms with E-state index in [1.165, 1.54) is 0 Å². The Morgan fingerprint density at radius 1 is 1.26 bits per heavy atom. The molecule has 0 spiro atoms. The highest BCUT2D eigenvalue weighted by Gasteiger charge is 2.31. The van der Waals surface area contributed by atoms with Crippen molar-refractivity contribution in [1.29, 1.82) is 0 Å². The minimum Gasteiger partial charge on any atom is -0.493 e. The van der Waals surface area contributed by atoms with Crippen LogP contribution in [0, 0.1) is 11.8 Å². The molecule has 4 N–H and O–H groups in total. The first kappa shape index (κ1) is 17.3. The monoisotopic (exact) mass is 319 g/mol. The van der Waals surface area contributed by atoms with Crippen LogP contribution in [0.15, 0.2) is 24.3 Å². The molecule has 1 saturated carbocycles. The number of amides is 2. The van der Waals surface area contributed by atoms with Gasteiger partial charge in [-0.15, -0.1) is 0 Å². The Balaban J connectivity index is 1.82. The van der Waals surface area contributed by atoms with Gasteiger partial charge in [0.1, 0.15) is 5.75 Å². The second kappa shape index (κ2) is 8.53. The minimum atomic E-state index is -0.0556. The molecule has 0 heterocycles. The SMILES string of the molecule is CNC(=O)CCOc1ccc(NC(=O)[C@@H]2CCC[C@@H]2CN)cc1. The molecule has 2 atom stereocenters. The summed E-state index contributed by atoms with van der Waals surface area (Å²) in [4.78, 5) is 23.4. The molecular weight excluding hydrogens is 294 g/mol. The van der Waals surface area contributed by atoms with Crippen LogP contribution < -0.4 is 21.1 Å². The summed E-state index contributed by atoms with van der Waals surface area (Å²) in [7, 11) is 1.60. The van der Waals surface area contributed by atoms with E-state index in [1.54, 1.807) is 31.3 Å². The summed E-state index contributed by atoms with van der Waals surface area (Å²) in [6, 6.07) is 7.18. The molecule has 1 aliphatic carbocycles. The van der Waals surface area contributed by atoms with Gasteiger partial charge in [0.2, 0.25) is 11.8 Å². The third-order valence-corrected chi connectivity index (χ3v) is 4.30. The van der Waals surface area contributed by atoms with Crippen molar-refractivity contribution < 1.29 is 14.3 Å². The third-order valence-electron chi connectivity index (χ3n) is 4.30. The van der Waals surface area contributed by atoms with Gasteiger partial charge in [0.15, 0.2) is 0 Å². The van der Waals surface area contributed by atoms with Crippen molar-refractivity contribution in [3.63, 3.8) is 0 Å². The Kier molecular flexibility index (Phi) is 6.40. The highest BCUT2D eigenvalue weighted by Crippen LogP contribution is 2.32. The fourth-order valence-electron chi connectivity index (χ4n) is 2.92. The maximum Gasteiger partial charge on any atom is 0.227 e. The lowest BCUT2D eigenvalue weighted by atomic mass is 9.95. The van der Waals surface area contributed by atoms with Gasteiger partial charge in [-0.2, -0.15) is 0 Å². The summed E-state index contributed by atoms with van der Waals surface area (Å²) in [5, 5.41) is 5.49. The summed E-state index contributed by atoms with van der Waals surface area (Å²) in [6.07, 6.45) is 3.33. The molecule has 0 unspecified atom stereocenters. The van der Waals surface area contributed by atoms with Crippen molar-refractivity contribution in [2.24, 2.45) is 17.6 Å². The van der Waals surface area contributed by atoms with Crippen LogP contribution in [0.25, 0.3) is 0 Å². The number of carbonyl (C=O) groups excluding carboxylic acids is 2. The standard InChI is InChI=1S/C17H25N3O3/c1-19-16(21)9-10-23-14-7-5-13(6-8-14)20-17(22)15-4-2-3-12(15)11-18/h5-8,12,15H,2-4,9-11,18H2,1H3,(H,19,21)(H,20,22)/t12-,15-/m1/s1. The van der Waals surface area contributed by atoms with E-state index in [2.05, 4.69) is 10.6 Å². The number of ether oxygens (including phenoxy) is 1. The fourth-order valence-corrected chi connectivity index (χ4v) is 2.92. The van der Waals surface area contributed by atoms with E-state index in [0.29, 0.717) is 31.2 Å². The molecule has 0 aromatic heterocycles. The largest absolute Gasteiger partial charge is 0.493 e. The molecule has 0 radical (unpaired) electrons. The Hall–Kier alpha value is -2.08. The second-order valence-corrected chi connectivity index (χ2v) is 5.82. The first-order chi connectivity index (χ1) is 11.1. The first-order valence-corrected chi connectivity index (χ1v) is 8.08. The zero-order valence-electron chi connectivity index (χ0n) is 13.5. The fraction of sp³-hybridized carbons (Fsp3) is 0.529. The molecule has 2 amide bonds. The van der Waals surface area contributed by atoms with Crippen LogP contribution in [-0.4, -0.2) is 32.0 Å². The average Bonchev–Trinajstić information content (AvgIpc) is 3.05. The molecule has 23 heavy (non-hydrogen) atoms. The number of hydrogen-bond donors (Lipinski definition) is 3.